The molecule has 21 heavy (non-hydrogen) atoms. The molecule has 0 saturated carbocycles. The molecule has 0 aliphatic rings. The lowest BCUT2D eigenvalue weighted by Gasteiger charge is -2.18. The Morgan fingerprint density at radius 3 is 2.48 bits per heavy atom. The van der Waals surface area contributed by atoms with E-state index in [0.717, 1.165) is 12.8 Å². The number of amides is 1. The molecular formula is C15H20ClNO3S. The molecule has 1 amide bonds. The second kappa shape index (κ2) is 8.29. The van der Waals surface area contributed by atoms with E-state index in [0.29, 0.717) is 4.90 Å². The van der Waals surface area contributed by atoms with Gasteiger partial charge in [-0.15, -0.1) is 11.8 Å². The van der Waals surface area contributed by atoms with Gasteiger partial charge in [0.15, 0.2) is 0 Å². The molecule has 0 aliphatic heterocycles. The molecule has 0 heterocycles. The number of carboxylic acids is 1. The number of carbonyl (C=O) groups excluding carboxylic acids is 1. The van der Waals surface area contributed by atoms with E-state index < -0.39 is 5.97 Å². The predicted molar refractivity (Wildman–Crippen MR) is 86.2 cm³/mol. The maximum absolute atomic E-state index is 12.1. The predicted octanol–water partition coefficient (Wildman–Crippen LogP) is 3.82. The van der Waals surface area contributed by atoms with Crippen LogP contribution in [0.1, 0.15) is 44.0 Å². The van der Waals surface area contributed by atoms with Crippen LogP contribution in [0.4, 0.5) is 0 Å². The van der Waals surface area contributed by atoms with Crippen LogP contribution in [0.15, 0.2) is 23.1 Å². The van der Waals surface area contributed by atoms with Crippen LogP contribution in [-0.4, -0.2) is 28.3 Å². The summed E-state index contributed by atoms with van der Waals surface area (Å²) in [6, 6.07) is 4.94. The Morgan fingerprint density at radius 1 is 1.33 bits per heavy atom. The SMILES string of the molecule is CCC(CC)NC(=O)C(C)Sc1ccc(Cl)c(C(=O)O)c1. The number of carboxylic acid groups (broad SMARTS) is 1. The largest absolute Gasteiger partial charge is 0.478 e. The third-order valence-corrected chi connectivity index (χ3v) is 4.61. The fraction of sp³-hybridized carbons (Fsp3) is 0.467. The topological polar surface area (TPSA) is 66.4 Å². The van der Waals surface area contributed by atoms with Crippen molar-refractivity contribution < 1.29 is 14.7 Å². The summed E-state index contributed by atoms with van der Waals surface area (Å²) in [5, 5.41) is 11.9. The average Bonchev–Trinajstić information content (AvgIpc) is 2.46. The number of hydrogen-bond acceptors (Lipinski definition) is 3. The van der Waals surface area contributed by atoms with Crippen LogP contribution in [0, 0.1) is 0 Å². The summed E-state index contributed by atoms with van der Waals surface area (Å²) in [5.74, 6) is -1.11. The molecule has 0 fully saturated rings. The fourth-order valence-electron chi connectivity index (χ4n) is 1.81. The summed E-state index contributed by atoms with van der Waals surface area (Å²) < 4.78 is 0. The molecule has 2 N–H and O–H groups in total. The van der Waals surface area contributed by atoms with Gasteiger partial charge in [0, 0.05) is 10.9 Å². The van der Waals surface area contributed by atoms with Gasteiger partial charge in [0.25, 0.3) is 0 Å². The van der Waals surface area contributed by atoms with Crippen molar-refractivity contribution in [1.82, 2.24) is 5.32 Å². The molecule has 0 spiro atoms. The first-order valence-corrected chi connectivity index (χ1v) is 8.14. The molecule has 0 radical (unpaired) electrons. The van der Waals surface area contributed by atoms with Crippen LogP contribution in [0.25, 0.3) is 0 Å². The van der Waals surface area contributed by atoms with Gasteiger partial charge in [-0.2, -0.15) is 0 Å². The highest BCUT2D eigenvalue weighted by Gasteiger charge is 2.18. The number of halogens is 1. The van der Waals surface area contributed by atoms with Gasteiger partial charge in [-0.1, -0.05) is 25.4 Å². The second-order valence-corrected chi connectivity index (χ2v) is 6.55. The maximum Gasteiger partial charge on any atom is 0.337 e. The Balaban J connectivity index is 2.74. The van der Waals surface area contributed by atoms with E-state index in [2.05, 4.69) is 5.32 Å². The van der Waals surface area contributed by atoms with Crippen molar-refractivity contribution in [3.05, 3.63) is 28.8 Å². The summed E-state index contributed by atoms with van der Waals surface area (Å²) >= 11 is 7.15. The summed E-state index contributed by atoms with van der Waals surface area (Å²) in [4.78, 5) is 23.8. The molecule has 1 aromatic carbocycles. The van der Waals surface area contributed by atoms with E-state index in [-0.39, 0.29) is 27.8 Å². The zero-order valence-corrected chi connectivity index (χ0v) is 13.9. The Hall–Kier alpha value is -1.20. The highest BCUT2D eigenvalue weighted by atomic mass is 35.5. The van der Waals surface area contributed by atoms with Crippen LogP contribution in [0.3, 0.4) is 0 Å². The van der Waals surface area contributed by atoms with Crippen LogP contribution in [0.2, 0.25) is 5.02 Å². The lowest BCUT2D eigenvalue weighted by atomic mass is 10.2. The molecule has 0 aromatic heterocycles. The first-order valence-electron chi connectivity index (χ1n) is 6.88. The lowest BCUT2D eigenvalue weighted by molar-refractivity contribution is -0.121. The normalized spacial score (nSPS) is 12.2. The molecule has 0 bridgehead atoms. The van der Waals surface area contributed by atoms with Crippen molar-refractivity contribution in [2.24, 2.45) is 0 Å². The highest BCUT2D eigenvalue weighted by molar-refractivity contribution is 8.00. The fourth-order valence-corrected chi connectivity index (χ4v) is 2.92. The van der Waals surface area contributed by atoms with Crippen LogP contribution in [0.5, 0.6) is 0 Å². The number of benzene rings is 1. The summed E-state index contributed by atoms with van der Waals surface area (Å²) in [6.07, 6.45) is 1.79. The van der Waals surface area contributed by atoms with E-state index >= 15 is 0 Å². The molecule has 4 nitrogen and oxygen atoms in total. The zero-order chi connectivity index (χ0) is 16.0. The molecule has 0 aliphatic carbocycles. The first kappa shape index (κ1) is 17.9. The first-order chi connectivity index (χ1) is 9.88. The third-order valence-electron chi connectivity index (χ3n) is 3.18. The Labute approximate surface area is 134 Å². The molecular weight excluding hydrogens is 310 g/mol. The Morgan fingerprint density at radius 2 is 1.95 bits per heavy atom. The van der Waals surface area contributed by atoms with Crippen LogP contribution >= 0.6 is 23.4 Å². The van der Waals surface area contributed by atoms with Gasteiger partial charge in [0.1, 0.15) is 0 Å². The number of rotatable bonds is 7. The van der Waals surface area contributed by atoms with Gasteiger partial charge in [-0.25, -0.2) is 4.79 Å². The second-order valence-electron chi connectivity index (χ2n) is 4.73. The minimum absolute atomic E-state index is 0.0412. The van der Waals surface area contributed by atoms with Gasteiger partial charge < -0.3 is 10.4 Å². The van der Waals surface area contributed by atoms with E-state index in [9.17, 15) is 9.59 Å². The van der Waals surface area contributed by atoms with E-state index in [1.54, 1.807) is 19.1 Å². The summed E-state index contributed by atoms with van der Waals surface area (Å²) in [5.41, 5.74) is 0.0502. The number of hydrogen-bond donors (Lipinski definition) is 2. The van der Waals surface area contributed by atoms with Crippen molar-refractivity contribution in [3.63, 3.8) is 0 Å². The number of carbonyl (C=O) groups is 2. The highest BCUT2D eigenvalue weighted by Crippen LogP contribution is 2.27. The average molecular weight is 330 g/mol. The molecule has 1 atom stereocenters. The van der Waals surface area contributed by atoms with Gasteiger partial charge in [0.2, 0.25) is 5.91 Å². The van der Waals surface area contributed by atoms with Crippen molar-refractivity contribution in [1.29, 1.82) is 0 Å². The maximum atomic E-state index is 12.1. The summed E-state index contributed by atoms with van der Waals surface area (Å²) in [7, 11) is 0. The van der Waals surface area contributed by atoms with Crippen molar-refractivity contribution in [2.45, 2.75) is 49.8 Å². The minimum Gasteiger partial charge on any atom is -0.478 e. The lowest BCUT2D eigenvalue weighted by Crippen LogP contribution is -2.38. The molecule has 1 unspecified atom stereocenters. The van der Waals surface area contributed by atoms with Crippen molar-refractivity contribution in [2.75, 3.05) is 0 Å². The molecule has 1 rings (SSSR count). The number of thioether (sulfide) groups is 1. The standard InChI is InChI=1S/C15H20ClNO3S/c1-4-10(5-2)17-14(18)9(3)21-11-6-7-13(16)12(8-11)15(19)20/h6-10H,4-5H2,1-3H3,(H,17,18)(H,19,20). The molecule has 1 aromatic rings. The number of nitrogens with one attached hydrogen (secondary N) is 1. The van der Waals surface area contributed by atoms with Gasteiger partial charge in [-0.3, -0.25) is 4.79 Å². The van der Waals surface area contributed by atoms with Gasteiger partial charge in [-0.05, 0) is 38.0 Å². The smallest absolute Gasteiger partial charge is 0.337 e. The Kier molecular flexibility index (Phi) is 7.05. The molecule has 0 saturated heterocycles. The molecule has 116 valence electrons. The van der Waals surface area contributed by atoms with Gasteiger partial charge >= 0.3 is 5.97 Å². The summed E-state index contributed by atoms with van der Waals surface area (Å²) in [6.45, 7) is 5.87. The minimum atomic E-state index is -1.07. The van der Waals surface area contributed by atoms with E-state index in [1.807, 2.05) is 13.8 Å². The van der Waals surface area contributed by atoms with Crippen molar-refractivity contribution >= 4 is 35.2 Å². The molecule has 6 heteroatoms. The zero-order valence-electron chi connectivity index (χ0n) is 12.4. The van der Waals surface area contributed by atoms with E-state index in [4.69, 9.17) is 16.7 Å². The third kappa shape index (κ3) is 5.25. The monoisotopic (exact) mass is 329 g/mol. The van der Waals surface area contributed by atoms with Crippen LogP contribution < -0.4 is 5.32 Å². The number of aromatic carboxylic acids is 1. The van der Waals surface area contributed by atoms with Crippen LogP contribution in [-0.2, 0) is 4.79 Å². The van der Waals surface area contributed by atoms with Gasteiger partial charge in [0.05, 0.1) is 15.8 Å². The van der Waals surface area contributed by atoms with Crippen molar-refractivity contribution in [3.8, 4) is 0 Å². The quantitative estimate of drug-likeness (QED) is 0.746. The Bertz CT molecular complexity index is 518. The van der Waals surface area contributed by atoms with E-state index in [1.165, 1.54) is 17.8 Å².